The molecule has 6 aromatic carbocycles. The molecule has 3 nitrogen and oxygen atoms in total. The summed E-state index contributed by atoms with van der Waals surface area (Å²) in [5, 5.41) is 8.61. The molecular weight excluding hydrogens is 842 g/mol. The second-order valence-corrected chi connectivity index (χ2v) is 18.2. The molecule has 287 valence electrons. The van der Waals surface area contributed by atoms with Gasteiger partial charge in [-0.2, -0.15) is 28.0 Å². The maximum absolute atomic E-state index is 10.7. The van der Waals surface area contributed by atoms with Gasteiger partial charge in [-0.25, -0.2) is 0 Å². The van der Waals surface area contributed by atoms with Crippen molar-refractivity contribution in [2.45, 2.75) is 31.2 Å². The van der Waals surface area contributed by atoms with Gasteiger partial charge in [0.15, 0.2) is 0 Å². The van der Waals surface area contributed by atoms with Gasteiger partial charge in [-0.3, -0.25) is 10.6 Å². The molecule has 1 aliphatic rings. The van der Waals surface area contributed by atoms with Crippen LogP contribution in [0.25, 0.3) is 0 Å². The maximum atomic E-state index is 10.7. The SMILES string of the molecule is O=S(=O)(O)C(F)(F)F.[C-]1=CCCC=CCC1.[Rh].c1ccc([PH+](c2ccccc2)c2ccccc2)cc1.c1ccc([PH+](c2ccccc2)c2ccccc2)cc1. The Morgan fingerprint density at radius 3 is 0.927 bits per heavy atom. The Balaban J connectivity index is 0.000000212. The van der Waals surface area contributed by atoms with Gasteiger partial charge < -0.3 is 6.08 Å². The van der Waals surface area contributed by atoms with E-state index >= 15 is 0 Å². The van der Waals surface area contributed by atoms with Crippen LogP contribution in [0, 0.1) is 6.08 Å². The number of rotatable bonds is 6. The summed E-state index contributed by atoms with van der Waals surface area (Å²) in [6.07, 6.45) is 14.5. The van der Waals surface area contributed by atoms with Crippen molar-refractivity contribution in [3.63, 3.8) is 0 Å². The van der Waals surface area contributed by atoms with Gasteiger partial charge in [0.05, 0.1) is 15.8 Å². The minimum Gasteiger partial charge on any atom is -0.500 e. The van der Waals surface area contributed by atoms with E-state index in [2.05, 4.69) is 206 Å². The van der Waals surface area contributed by atoms with E-state index in [1.165, 1.54) is 51.1 Å². The van der Waals surface area contributed by atoms with Crippen molar-refractivity contribution in [1.29, 1.82) is 0 Å². The van der Waals surface area contributed by atoms with Crippen LogP contribution in [0.3, 0.4) is 0 Å². The molecular formula is C45H44F3O3P2RhS+. The Hall–Kier alpha value is -4.02. The van der Waals surface area contributed by atoms with Crippen LogP contribution in [0.1, 0.15) is 25.7 Å². The Morgan fingerprint density at radius 1 is 0.455 bits per heavy atom. The Bertz CT molecular complexity index is 1740. The fourth-order valence-corrected chi connectivity index (χ4v) is 10.6. The van der Waals surface area contributed by atoms with Crippen LogP contribution in [0.4, 0.5) is 13.2 Å². The topological polar surface area (TPSA) is 54.4 Å². The van der Waals surface area contributed by atoms with Gasteiger partial charge in [-0.05, 0) is 79.2 Å². The zero-order chi connectivity index (χ0) is 38.5. The van der Waals surface area contributed by atoms with Gasteiger partial charge in [0.1, 0.15) is 31.8 Å². The van der Waals surface area contributed by atoms with Crippen LogP contribution >= 0.6 is 15.8 Å². The standard InChI is InChI=1S/2C18H15P.C8H11.CHF3O3S.Rh/c2*1-4-10-16(11-5-1)19(17-12-6-2-7-13-17)18-14-8-3-9-15-18;1-2-4-6-8-7-5-3-1;2-1(3,4)8(5,6)7;/h2*1-15H;1-2,7H,3-6H2;(H,5,6,7);/q;;-1;;/p+2. The van der Waals surface area contributed by atoms with Crippen molar-refractivity contribution >= 4 is 57.8 Å². The Morgan fingerprint density at radius 2 is 0.691 bits per heavy atom. The fourth-order valence-electron chi connectivity index (χ4n) is 5.41. The summed E-state index contributed by atoms with van der Waals surface area (Å²) in [6, 6.07) is 65.0. The molecule has 1 aliphatic carbocycles. The molecule has 0 unspecified atom stereocenters. The second kappa shape index (κ2) is 24.5. The number of halogens is 3. The quantitative estimate of drug-likeness (QED) is 0.0454. The molecule has 0 fully saturated rings. The van der Waals surface area contributed by atoms with Crippen molar-refractivity contribution in [3.8, 4) is 0 Å². The van der Waals surface area contributed by atoms with E-state index < -0.39 is 31.5 Å². The summed E-state index contributed by atoms with van der Waals surface area (Å²) in [7, 11) is -7.59. The summed E-state index contributed by atoms with van der Waals surface area (Å²) in [4.78, 5) is 0. The van der Waals surface area contributed by atoms with Crippen molar-refractivity contribution in [2.24, 2.45) is 0 Å². The zero-order valence-electron chi connectivity index (χ0n) is 30.0. The van der Waals surface area contributed by atoms with Crippen LogP contribution in [0.15, 0.2) is 200 Å². The monoisotopic (exact) mass is 886 g/mol. The number of hydrogen-bond donors (Lipinski definition) is 1. The molecule has 0 aliphatic heterocycles. The van der Waals surface area contributed by atoms with E-state index in [9.17, 15) is 13.2 Å². The Labute approximate surface area is 339 Å². The average Bonchev–Trinajstić information content (AvgIpc) is 3.18. The van der Waals surface area contributed by atoms with Gasteiger partial charge in [0, 0.05) is 19.5 Å². The minimum absolute atomic E-state index is 0. The number of alkyl halides is 3. The first kappa shape index (κ1) is 45.4. The zero-order valence-corrected chi connectivity index (χ0v) is 34.5. The molecule has 10 heteroatoms. The van der Waals surface area contributed by atoms with Gasteiger partial charge >= 0.3 is 15.6 Å². The molecule has 0 amide bonds. The number of benzene rings is 6. The molecule has 0 spiro atoms. The summed E-state index contributed by atoms with van der Waals surface area (Å²) in [6.45, 7) is 0. The second-order valence-electron chi connectivity index (χ2n) is 11.9. The van der Waals surface area contributed by atoms with Gasteiger partial charge in [0.2, 0.25) is 0 Å². The maximum Gasteiger partial charge on any atom is 0.522 e. The molecule has 7 rings (SSSR count). The van der Waals surface area contributed by atoms with Crippen LogP contribution in [0.5, 0.6) is 0 Å². The van der Waals surface area contributed by atoms with Crippen LogP contribution < -0.4 is 31.8 Å². The van der Waals surface area contributed by atoms with Crippen molar-refractivity contribution in [3.05, 3.63) is 206 Å². The molecule has 0 saturated carbocycles. The van der Waals surface area contributed by atoms with Gasteiger partial charge in [-0.15, -0.1) is 0 Å². The van der Waals surface area contributed by atoms with Crippen LogP contribution in [0.2, 0.25) is 0 Å². The first-order chi connectivity index (χ1) is 26.1. The predicted molar refractivity (Wildman–Crippen MR) is 226 cm³/mol. The molecule has 0 bridgehead atoms. The van der Waals surface area contributed by atoms with E-state index in [1.807, 2.05) is 0 Å². The summed E-state index contributed by atoms with van der Waals surface area (Å²) < 4.78 is 57.5. The smallest absolute Gasteiger partial charge is 0.500 e. The van der Waals surface area contributed by atoms with E-state index in [1.54, 1.807) is 0 Å². The van der Waals surface area contributed by atoms with Gasteiger partial charge in [-0.1, -0.05) is 134 Å². The predicted octanol–water partition coefficient (Wildman–Crippen LogP) is 9.22. The largest absolute Gasteiger partial charge is 0.522 e. The molecule has 1 N–H and O–H groups in total. The van der Waals surface area contributed by atoms with Crippen molar-refractivity contribution in [1.82, 2.24) is 0 Å². The molecule has 0 aromatic heterocycles. The van der Waals surface area contributed by atoms with Gasteiger partial charge in [0.25, 0.3) is 0 Å². The molecule has 55 heavy (non-hydrogen) atoms. The molecule has 6 aromatic rings. The fraction of sp³-hybridized carbons (Fsp3) is 0.111. The van der Waals surface area contributed by atoms with E-state index in [-0.39, 0.29) is 19.5 Å². The van der Waals surface area contributed by atoms with Crippen LogP contribution in [-0.4, -0.2) is 18.5 Å². The third kappa shape index (κ3) is 15.9. The molecule has 1 radical (unpaired) electrons. The van der Waals surface area contributed by atoms with E-state index in [4.69, 9.17) is 13.0 Å². The number of allylic oxidation sites excluding steroid dienone is 4. The molecule has 0 atom stereocenters. The molecule has 0 heterocycles. The summed E-state index contributed by atoms with van der Waals surface area (Å²) in [5.74, 6) is 0. The van der Waals surface area contributed by atoms with E-state index in [0.717, 1.165) is 6.42 Å². The first-order valence-electron chi connectivity index (χ1n) is 17.5. The summed E-state index contributed by atoms with van der Waals surface area (Å²) >= 11 is 0. The van der Waals surface area contributed by atoms with Crippen molar-refractivity contribution in [2.75, 3.05) is 0 Å². The first-order valence-corrected chi connectivity index (χ1v) is 21.9. The van der Waals surface area contributed by atoms with Crippen molar-refractivity contribution < 1.29 is 45.6 Å². The van der Waals surface area contributed by atoms with Crippen LogP contribution in [-0.2, 0) is 29.6 Å². The number of hydrogen-bond acceptors (Lipinski definition) is 2. The average molecular weight is 887 g/mol. The normalized spacial score (nSPS) is 12.3. The van der Waals surface area contributed by atoms with E-state index in [0.29, 0.717) is 0 Å². The minimum atomic E-state index is -5.84. The third-order valence-electron chi connectivity index (χ3n) is 7.91. The third-order valence-corrected chi connectivity index (χ3v) is 14.0. The molecule has 0 saturated heterocycles. The Kier molecular flexibility index (Phi) is 20.2. The summed E-state index contributed by atoms with van der Waals surface area (Å²) in [5.41, 5.74) is -5.53.